The third-order valence-corrected chi connectivity index (χ3v) is 3.95. The molecule has 0 aliphatic heterocycles. The van der Waals surface area contributed by atoms with E-state index in [1.807, 2.05) is 0 Å². The molecule has 0 fully saturated rings. The monoisotopic (exact) mass is 246 g/mol. The molecule has 2 nitrogen and oxygen atoms in total. The van der Waals surface area contributed by atoms with Gasteiger partial charge in [-0.25, -0.2) is 4.98 Å². The van der Waals surface area contributed by atoms with Crippen LogP contribution in [0, 0.1) is 20.8 Å². The number of hydrogen-bond donors (Lipinski definition) is 1. The van der Waals surface area contributed by atoms with Crippen molar-refractivity contribution >= 4 is 11.3 Å². The van der Waals surface area contributed by atoms with Gasteiger partial charge in [0.1, 0.15) is 5.01 Å². The molecule has 90 valence electrons. The number of thiazole rings is 1. The topological polar surface area (TPSA) is 38.9 Å². The molecule has 0 aliphatic carbocycles. The number of aromatic nitrogens is 1. The van der Waals surface area contributed by atoms with Gasteiger partial charge in [0.15, 0.2) is 0 Å². The highest BCUT2D eigenvalue weighted by molar-refractivity contribution is 7.13. The standard InChI is InChI=1S/C14H18N2S/c1-9-6-11(3)13(7-10(9)2)14-16-12(4-5-15)8-17-14/h6-8H,4-5,15H2,1-3H3. The molecule has 2 aromatic rings. The Bertz CT molecular complexity index is 529. The van der Waals surface area contributed by atoms with E-state index in [9.17, 15) is 0 Å². The van der Waals surface area contributed by atoms with Crippen LogP contribution in [-0.4, -0.2) is 11.5 Å². The van der Waals surface area contributed by atoms with Gasteiger partial charge in [0.2, 0.25) is 0 Å². The summed E-state index contributed by atoms with van der Waals surface area (Å²) in [6.07, 6.45) is 0.861. The molecular weight excluding hydrogens is 228 g/mol. The molecule has 1 aromatic carbocycles. The summed E-state index contributed by atoms with van der Waals surface area (Å²) in [7, 11) is 0. The molecule has 3 heteroatoms. The fraction of sp³-hybridized carbons (Fsp3) is 0.357. The highest BCUT2D eigenvalue weighted by Crippen LogP contribution is 2.29. The van der Waals surface area contributed by atoms with Gasteiger partial charge in [-0.2, -0.15) is 0 Å². The molecule has 0 aliphatic rings. The number of nitrogens with zero attached hydrogens (tertiary/aromatic N) is 1. The van der Waals surface area contributed by atoms with E-state index in [1.54, 1.807) is 11.3 Å². The molecule has 0 saturated heterocycles. The first-order chi connectivity index (χ1) is 8.11. The summed E-state index contributed by atoms with van der Waals surface area (Å²) in [5.41, 5.74) is 11.9. The zero-order valence-electron chi connectivity index (χ0n) is 10.6. The zero-order chi connectivity index (χ0) is 12.4. The average molecular weight is 246 g/mol. The molecular formula is C14H18N2S. The maximum atomic E-state index is 5.55. The van der Waals surface area contributed by atoms with E-state index in [0.29, 0.717) is 6.54 Å². The zero-order valence-corrected chi connectivity index (χ0v) is 11.4. The third kappa shape index (κ3) is 2.56. The first-order valence-corrected chi connectivity index (χ1v) is 6.72. The van der Waals surface area contributed by atoms with E-state index in [-0.39, 0.29) is 0 Å². The largest absolute Gasteiger partial charge is 0.330 e. The molecule has 0 saturated carbocycles. The van der Waals surface area contributed by atoms with Crippen LogP contribution in [0.25, 0.3) is 10.6 Å². The van der Waals surface area contributed by atoms with Crippen LogP contribution < -0.4 is 5.73 Å². The van der Waals surface area contributed by atoms with Crippen LogP contribution in [0.5, 0.6) is 0 Å². The van der Waals surface area contributed by atoms with E-state index in [2.05, 4.69) is 43.3 Å². The van der Waals surface area contributed by atoms with Gasteiger partial charge in [-0.05, 0) is 50.1 Å². The first kappa shape index (κ1) is 12.3. The molecule has 0 atom stereocenters. The molecule has 2 rings (SSSR count). The van der Waals surface area contributed by atoms with Crippen molar-refractivity contribution in [1.29, 1.82) is 0 Å². The SMILES string of the molecule is Cc1cc(C)c(-c2nc(CCN)cs2)cc1C. The molecule has 0 bridgehead atoms. The maximum Gasteiger partial charge on any atom is 0.123 e. The van der Waals surface area contributed by atoms with Gasteiger partial charge < -0.3 is 5.73 Å². The quantitative estimate of drug-likeness (QED) is 0.903. The lowest BCUT2D eigenvalue weighted by Gasteiger charge is -2.07. The van der Waals surface area contributed by atoms with Crippen LogP contribution in [0.4, 0.5) is 0 Å². The number of rotatable bonds is 3. The molecule has 2 N–H and O–H groups in total. The van der Waals surface area contributed by atoms with Gasteiger partial charge in [0.25, 0.3) is 0 Å². The minimum absolute atomic E-state index is 0.662. The number of aryl methyl sites for hydroxylation is 3. The van der Waals surface area contributed by atoms with Crippen molar-refractivity contribution in [2.75, 3.05) is 6.54 Å². The van der Waals surface area contributed by atoms with Gasteiger partial charge in [-0.1, -0.05) is 6.07 Å². The lowest BCUT2D eigenvalue weighted by Crippen LogP contribution is -2.02. The minimum atomic E-state index is 0.662. The molecule has 0 spiro atoms. The molecule has 1 aromatic heterocycles. The van der Waals surface area contributed by atoms with Crippen LogP contribution >= 0.6 is 11.3 Å². The number of hydrogen-bond acceptors (Lipinski definition) is 3. The van der Waals surface area contributed by atoms with Crippen LogP contribution in [0.2, 0.25) is 0 Å². The Morgan fingerprint density at radius 2 is 1.82 bits per heavy atom. The second-order valence-corrected chi connectivity index (χ2v) is 5.29. The lowest BCUT2D eigenvalue weighted by atomic mass is 10.0. The Morgan fingerprint density at radius 3 is 2.53 bits per heavy atom. The predicted octanol–water partition coefficient (Wildman–Crippen LogP) is 3.24. The Balaban J connectivity index is 2.41. The molecule has 0 radical (unpaired) electrons. The maximum absolute atomic E-state index is 5.55. The van der Waals surface area contributed by atoms with E-state index < -0.39 is 0 Å². The second-order valence-electron chi connectivity index (χ2n) is 4.43. The minimum Gasteiger partial charge on any atom is -0.330 e. The summed E-state index contributed by atoms with van der Waals surface area (Å²) < 4.78 is 0. The van der Waals surface area contributed by atoms with Gasteiger partial charge in [-0.15, -0.1) is 11.3 Å². The van der Waals surface area contributed by atoms with Gasteiger partial charge in [-0.3, -0.25) is 0 Å². The third-order valence-electron chi connectivity index (χ3n) is 3.02. The van der Waals surface area contributed by atoms with Crippen molar-refractivity contribution in [2.24, 2.45) is 5.73 Å². The predicted molar refractivity (Wildman–Crippen MR) is 74.5 cm³/mol. The van der Waals surface area contributed by atoms with Crippen LogP contribution in [0.3, 0.4) is 0 Å². The highest BCUT2D eigenvalue weighted by Gasteiger charge is 2.08. The first-order valence-electron chi connectivity index (χ1n) is 5.84. The van der Waals surface area contributed by atoms with Crippen LogP contribution in [-0.2, 0) is 6.42 Å². The van der Waals surface area contributed by atoms with E-state index >= 15 is 0 Å². The summed E-state index contributed by atoms with van der Waals surface area (Å²) >= 11 is 1.70. The molecule has 17 heavy (non-hydrogen) atoms. The van der Waals surface area contributed by atoms with Crippen molar-refractivity contribution in [3.63, 3.8) is 0 Å². The van der Waals surface area contributed by atoms with Gasteiger partial charge in [0.05, 0.1) is 5.69 Å². The Hall–Kier alpha value is -1.19. The van der Waals surface area contributed by atoms with Crippen LogP contribution in [0.15, 0.2) is 17.5 Å². The van der Waals surface area contributed by atoms with Crippen molar-refractivity contribution < 1.29 is 0 Å². The lowest BCUT2D eigenvalue weighted by molar-refractivity contribution is 0.936. The van der Waals surface area contributed by atoms with Crippen LogP contribution in [0.1, 0.15) is 22.4 Å². The van der Waals surface area contributed by atoms with Gasteiger partial charge in [0, 0.05) is 17.4 Å². The Morgan fingerprint density at radius 1 is 1.12 bits per heavy atom. The summed E-state index contributed by atoms with van der Waals surface area (Å²) in [6.45, 7) is 7.10. The number of benzene rings is 1. The van der Waals surface area contributed by atoms with Crippen molar-refractivity contribution in [3.05, 3.63) is 39.9 Å². The second kappa shape index (κ2) is 4.98. The van der Waals surface area contributed by atoms with Gasteiger partial charge >= 0.3 is 0 Å². The Kier molecular flexibility index (Phi) is 3.60. The van der Waals surface area contributed by atoms with E-state index in [0.717, 1.165) is 17.1 Å². The average Bonchev–Trinajstić information content (AvgIpc) is 2.72. The van der Waals surface area contributed by atoms with Crippen molar-refractivity contribution in [3.8, 4) is 10.6 Å². The fourth-order valence-corrected chi connectivity index (χ4v) is 2.82. The smallest absolute Gasteiger partial charge is 0.123 e. The van der Waals surface area contributed by atoms with Crippen molar-refractivity contribution in [1.82, 2.24) is 4.98 Å². The van der Waals surface area contributed by atoms with E-state index in [1.165, 1.54) is 22.3 Å². The highest BCUT2D eigenvalue weighted by atomic mass is 32.1. The summed E-state index contributed by atoms with van der Waals surface area (Å²) in [5, 5.41) is 3.21. The summed E-state index contributed by atoms with van der Waals surface area (Å²) in [6, 6.07) is 4.46. The molecule has 1 heterocycles. The van der Waals surface area contributed by atoms with Crippen molar-refractivity contribution in [2.45, 2.75) is 27.2 Å². The number of nitrogens with two attached hydrogens (primary N) is 1. The Labute approximate surface area is 107 Å². The normalized spacial score (nSPS) is 10.8. The molecule has 0 unspecified atom stereocenters. The molecule has 0 amide bonds. The summed E-state index contributed by atoms with van der Waals surface area (Å²) in [5.74, 6) is 0. The van der Waals surface area contributed by atoms with E-state index in [4.69, 9.17) is 5.73 Å². The fourth-order valence-electron chi connectivity index (χ4n) is 1.88. The summed E-state index contributed by atoms with van der Waals surface area (Å²) in [4.78, 5) is 4.64.